The summed E-state index contributed by atoms with van der Waals surface area (Å²) in [5.41, 5.74) is 0.587. The molecule has 66 valence electrons. The molecule has 1 heterocycles. The van der Waals surface area contributed by atoms with E-state index in [1.807, 2.05) is 13.8 Å². The van der Waals surface area contributed by atoms with Crippen molar-refractivity contribution in [1.29, 1.82) is 0 Å². The third kappa shape index (κ3) is 2.47. The molecule has 0 fully saturated rings. The molecule has 0 bridgehead atoms. The lowest BCUT2D eigenvalue weighted by molar-refractivity contribution is 0.276. The summed E-state index contributed by atoms with van der Waals surface area (Å²) in [5.74, 6) is 0.738. The van der Waals surface area contributed by atoms with Crippen molar-refractivity contribution < 1.29 is 5.11 Å². The first-order valence-electron chi connectivity index (χ1n) is 3.90. The van der Waals surface area contributed by atoms with Crippen LogP contribution < -0.4 is 5.32 Å². The van der Waals surface area contributed by atoms with Crippen molar-refractivity contribution in [3.63, 3.8) is 0 Å². The molecular formula is C8H13N3O. The predicted molar refractivity (Wildman–Crippen MR) is 46.7 cm³/mol. The fourth-order valence-electron chi connectivity index (χ4n) is 0.807. The zero-order chi connectivity index (χ0) is 8.97. The van der Waals surface area contributed by atoms with Gasteiger partial charge in [0.25, 0.3) is 0 Å². The molecule has 0 unspecified atom stereocenters. The Morgan fingerprint density at radius 1 is 1.42 bits per heavy atom. The van der Waals surface area contributed by atoms with E-state index in [1.54, 1.807) is 12.4 Å². The fourth-order valence-corrected chi connectivity index (χ4v) is 0.807. The van der Waals surface area contributed by atoms with Gasteiger partial charge < -0.3 is 10.4 Å². The summed E-state index contributed by atoms with van der Waals surface area (Å²) in [5, 5.41) is 11.8. The Hall–Kier alpha value is -1.16. The van der Waals surface area contributed by atoms with E-state index in [4.69, 9.17) is 5.11 Å². The average molecular weight is 167 g/mol. The molecule has 0 atom stereocenters. The third-order valence-electron chi connectivity index (χ3n) is 1.30. The van der Waals surface area contributed by atoms with Gasteiger partial charge in [-0.25, -0.2) is 4.98 Å². The van der Waals surface area contributed by atoms with Crippen molar-refractivity contribution in [2.45, 2.75) is 26.5 Å². The van der Waals surface area contributed by atoms with Crippen LogP contribution in [0.25, 0.3) is 0 Å². The highest BCUT2D eigenvalue weighted by Gasteiger charge is 1.97. The van der Waals surface area contributed by atoms with Crippen LogP contribution in [-0.4, -0.2) is 21.1 Å². The van der Waals surface area contributed by atoms with Crippen molar-refractivity contribution >= 4 is 5.82 Å². The molecule has 0 amide bonds. The number of aliphatic hydroxyl groups is 1. The molecular weight excluding hydrogens is 154 g/mol. The fraction of sp³-hybridized carbons (Fsp3) is 0.500. The Morgan fingerprint density at radius 2 is 2.17 bits per heavy atom. The van der Waals surface area contributed by atoms with Crippen LogP contribution in [0.4, 0.5) is 5.82 Å². The zero-order valence-electron chi connectivity index (χ0n) is 7.28. The van der Waals surface area contributed by atoms with Crippen molar-refractivity contribution in [3.8, 4) is 0 Å². The standard InChI is InChI=1S/C8H13N3O/c1-6(2)11-8-4-9-7(5-12)3-10-8/h3-4,6,12H,5H2,1-2H3,(H,10,11). The number of hydrogen-bond donors (Lipinski definition) is 2. The molecule has 4 nitrogen and oxygen atoms in total. The summed E-state index contributed by atoms with van der Waals surface area (Å²) in [6, 6.07) is 0.347. The molecule has 1 rings (SSSR count). The highest BCUT2D eigenvalue weighted by atomic mass is 16.3. The van der Waals surface area contributed by atoms with E-state index in [-0.39, 0.29) is 6.61 Å². The molecule has 0 aliphatic carbocycles. The minimum atomic E-state index is -0.0606. The van der Waals surface area contributed by atoms with Gasteiger partial charge in [-0.1, -0.05) is 0 Å². The van der Waals surface area contributed by atoms with E-state index in [1.165, 1.54) is 0 Å². The summed E-state index contributed by atoms with van der Waals surface area (Å²) in [6.07, 6.45) is 3.18. The van der Waals surface area contributed by atoms with Crippen LogP contribution in [0.2, 0.25) is 0 Å². The monoisotopic (exact) mass is 167 g/mol. The number of aliphatic hydroxyl groups excluding tert-OH is 1. The van der Waals surface area contributed by atoms with Crippen molar-refractivity contribution in [2.24, 2.45) is 0 Å². The Morgan fingerprint density at radius 3 is 2.58 bits per heavy atom. The SMILES string of the molecule is CC(C)Nc1cnc(CO)cn1. The van der Waals surface area contributed by atoms with Crippen molar-refractivity contribution in [1.82, 2.24) is 9.97 Å². The lowest BCUT2D eigenvalue weighted by atomic mass is 10.4. The van der Waals surface area contributed by atoms with Gasteiger partial charge in [-0.3, -0.25) is 4.98 Å². The van der Waals surface area contributed by atoms with E-state index in [0.717, 1.165) is 5.82 Å². The summed E-state index contributed by atoms with van der Waals surface area (Å²) >= 11 is 0. The van der Waals surface area contributed by atoms with Gasteiger partial charge in [0, 0.05) is 6.04 Å². The van der Waals surface area contributed by atoms with Crippen LogP contribution in [0.1, 0.15) is 19.5 Å². The van der Waals surface area contributed by atoms with Crippen LogP contribution in [0.5, 0.6) is 0 Å². The molecule has 0 aliphatic rings. The molecule has 2 N–H and O–H groups in total. The lowest BCUT2D eigenvalue weighted by Crippen LogP contribution is -2.11. The second-order valence-electron chi connectivity index (χ2n) is 2.85. The Kier molecular flexibility index (Phi) is 2.99. The number of nitrogens with zero attached hydrogens (tertiary/aromatic N) is 2. The van der Waals surface area contributed by atoms with E-state index >= 15 is 0 Å². The minimum absolute atomic E-state index is 0.0606. The zero-order valence-corrected chi connectivity index (χ0v) is 7.28. The molecule has 1 aromatic rings. The third-order valence-corrected chi connectivity index (χ3v) is 1.30. The second-order valence-corrected chi connectivity index (χ2v) is 2.85. The van der Waals surface area contributed by atoms with Gasteiger partial charge in [0.15, 0.2) is 0 Å². The van der Waals surface area contributed by atoms with Crippen molar-refractivity contribution in [2.75, 3.05) is 5.32 Å². The lowest BCUT2D eigenvalue weighted by Gasteiger charge is -2.07. The summed E-state index contributed by atoms with van der Waals surface area (Å²) in [4.78, 5) is 8.03. The van der Waals surface area contributed by atoms with Crippen LogP contribution in [-0.2, 0) is 6.61 Å². The molecule has 12 heavy (non-hydrogen) atoms. The molecule has 0 aromatic carbocycles. The summed E-state index contributed by atoms with van der Waals surface area (Å²) in [6.45, 7) is 4.00. The van der Waals surface area contributed by atoms with Gasteiger partial charge in [0.1, 0.15) is 5.82 Å². The normalized spacial score (nSPS) is 10.3. The van der Waals surface area contributed by atoms with Gasteiger partial charge >= 0.3 is 0 Å². The number of anilines is 1. The molecule has 4 heteroatoms. The van der Waals surface area contributed by atoms with Crippen LogP contribution in [0.3, 0.4) is 0 Å². The number of aromatic nitrogens is 2. The van der Waals surface area contributed by atoms with Crippen LogP contribution >= 0.6 is 0 Å². The first-order chi connectivity index (χ1) is 5.72. The number of rotatable bonds is 3. The van der Waals surface area contributed by atoms with E-state index in [2.05, 4.69) is 15.3 Å². The molecule has 0 saturated carbocycles. The van der Waals surface area contributed by atoms with E-state index < -0.39 is 0 Å². The van der Waals surface area contributed by atoms with Gasteiger partial charge in [-0.2, -0.15) is 0 Å². The molecule has 0 radical (unpaired) electrons. The van der Waals surface area contributed by atoms with Crippen LogP contribution in [0, 0.1) is 0 Å². The Balaban J connectivity index is 2.65. The number of nitrogens with one attached hydrogen (secondary N) is 1. The largest absolute Gasteiger partial charge is 0.390 e. The van der Waals surface area contributed by atoms with Crippen molar-refractivity contribution in [3.05, 3.63) is 18.1 Å². The van der Waals surface area contributed by atoms with Gasteiger partial charge in [-0.15, -0.1) is 0 Å². The van der Waals surface area contributed by atoms with Gasteiger partial charge in [0.05, 0.1) is 24.7 Å². The highest BCUT2D eigenvalue weighted by Crippen LogP contribution is 2.02. The minimum Gasteiger partial charge on any atom is -0.390 e. The average Bonchev–Trinajstić information content (AvgIpc) is 2.05. The maximum atomic E-state index is 8.69. The maximum absolute atomic E-state index is 8.69. The smallest absolute Gasteiger partial charge is 0.144 e. The first kappa shape index (κ1) is 8.93. The van der Waals surface area contributed by atoms with Gasteiger partial charge in [0.2, 0.25) is 0 Å². The molecule has 0 aliphatic heterocycles. The topological polar surface area (TPSA) is 58.0 Å². The van der Waals surface area contributed by atoms with E-state index in [0.29, 0.717) is 11.7 Å². The predicted octanol–water partition coefficient (Wildman–Crippen LogP) is 0.789. The summed E-state index contributed by atoms with van der Waals surface area (Å²) < 4.78 is 0. The Labute approximate surface area is 71.7 Å². The van der Waals surface area contributed by atoms with Crippen LogP contribution in [0.15, 0.2) is 12.4 Å². The summed E-state index contributed by atoms with van der Waals surface area (Å²) in [7, 11) is 0. The molecule has 0 spiro atoms. The first-order valence-corrected chi connectivity index (χ1v) is 3.90. The van der Waals surface area contributed by atoms with Gasteiger partial charge in [-0.05, 0) is 13.8 Å². The molecule has 1 aromatic heterocycles. The highest BCUT2D eigenvalue weighted by molar-refractivity contribution is 5.31. The quantitative estimate of drug-likeness (QED) is 0.698. The number of hydrogen-bond acceptors (Lipinski definition) is 4. The maximum Gasteiger partial charge on any atom is 0.144 e. The second kappa shape index (κ2) is 4.01. The van der Waals surface area contributed by atoms with E-state index in [9.17, 15) is 0 Å². The Bertz CT molecular complexity index is 233. The molecule has 0 saturated heterocycles.